The van der Waals surface area contributed by atoms with E-state index in [4.69, 9.17) is 4.52 Å². The van der Waals surface area contributed by atoms with Crippen molar-refractivity contribution in [3.8, 4) is 22.8 Å². The first-order chi connectivity index (χ1) is 14.7. The highest BCUT2D eigenvalue weighted by molar-refractivity contribution is 9.10. The lowest BCUT2D eigenvalue weighted by atomic mass is 9.79. The number of fused-ring (bicyclic) bond motifs is 5. The van der Waals surface area contributed by atoms with Gasteiger partial charge in [-0.2, -0.15) is 0 Å². The highest BCUT2D eigenvalue weighted by atomic mass is 79.9. The zero-order chi connectivity index (χ0) is 21.6. The summed E-state index contributed by atoms with van der Waals surface area (Å²) in [6.45, 7) is 0. The average Bonchev–Trinajstić information content (AvgIpc) is 3.23. The summed E-state index contributed by atoms with van der Waals surface area (Å²) in [6, 6.07) is 9.61. The van der Waals surface area contributed by atoms with Crippen molar-refractivity contribution in [1.29, 1.82) is 0 Å². The first-order valence-corrected chi connectivity index (χ1v) is 11.7. The predicted molar refractivity (Wildman–Crippen MR) is 108 cm³/mol. The Morgan fingerprint density at radius 3 is 2.71 bits per heavy atom. The number of para-hydroxylation sites is 1. The number of sulfonamides is 1. The van der Waals surface area contributed by atoms with Gasteiger partial charge in [-0.1, -0.05) is 33.2 Å². The van der Waals surface area contributed by atoms with Gasteiger partial charge in [-0.3, -0.25) is 4.72 Å². The highest BCUT2D eigenvalue weighted by Crippen LogP contribution is 2.58. The number of hydrogen-bond donors (Lipinski definition) is 1. The molecule has 1 saturated carbocycles. The minimum absolute atomic E-state index is 0.0372. The SMILES string of the molecule is O=S(=O)(Nc1noc2c1CC1(CC1)c1ccc(Br)cc1-2)c1cccc2c1OC(F)(F)O2. The molecular weight excluding hydrogens is 498 g/mol. The van der Waals surface area contributed by atoms with Gasteiger partial charge >= 0.3 is 6.29 Å². The van der Waals surface area contributed by atoms with Crippen molar-refractivity contribution in [2.45, 2.75) is 35.9 Å². The molecule has 0 unspecified atom stereocenters. The maximum Gasteiger partial charge on any atom is 0.586 e. The second kappa shape index (κ2) is 5.98. The van der Waals surface area contributed by atoms with Crippen molar-refractivity contribution in [1.82, 2.24) is 5.16 Å². The fraction of sp³-hybridized carbons (Fsp3) is 0.250. The first-order valence-electron chi connectivity index (χ1n) is 9.38. The van der Waals surface area contributed by atoms with E-state index in [1.807, 2.05) is 18.2 Å². The molecule has 0 bridgehead atoms. The lowest BCUT2D eigenvalue weighted by molar-refractivity contribution is -0.287. The molecule has 6 rings (SSSR count). The van der Waals surface area contributed by atoms with Crippen LogP contribution in [0.2, 0.25) is 0 Å². The number of rotatable bonds is 3. The molecular formula is C20H13BrF2N2O5S. The van der Waals surface area contributed by atoms with E-state index in [2.05, 4.69) is 35.3 Å². The van der Waals surface area contributed by atoms with E-state index in [1.165, 1.54) is 12.1 Å². The normalized spacial score (nSPS) is 19.1. The Morgan fingerprint density at radius 1 is 1.13 bits per heavy atom. The van der Waals surface area contributed by atoms with E-state index in [9.17, 15) is 17.2 Å². The molecule has 3 aromatic rings. The fourth-order valence-electron chi connectivity index (χ4n) is 4.30. The van der Waals surface area contributed by atoms with Crippen molar-refractivity contribution in [3.63, 3.8) is 0 Å². The molecule has 1 spiro atoms. The van der Waals surface area contributed by atoms with E-state index < -0.39 is 27.0 Å². The lowest BCUT2D eigenvalue weighted by Gasteiger charge is -2.24. The van der Waals surface area contributed by atoms with Gasteiger partial charge in [-0.25, -0.2) is 8.42 Å². The van der Waals surface area contributed by atoms with Gasteiger partial charge < -0.3 is 14.0 Å². The van der Waals surface area contributed by atoms with E-state index in [0.717, 1.165) is 34.5 Å². The number of ether oxygens (including phenoxy) is 2. The zero-order valence-electron chi connectivity index (χ0n) is 15.6. The molecule has 160 valence electrons. The Hall–Kier alpha value is -2.66. The molecule has 11 heteroatoms. The van der Waals surface area contributed by atoms with Crippen LogP contribution in [-0.4, -0.2) is 19.9 Å². The maximum absolute atomic E-state index is 13.5. The minimum atomic E-state index is -4.31. The Bertz CT molecular complexity index is 1370. The van der Waals surface area contributed by atoms with Crippen LogP contribution in [0.25, 0.3) is 11.3 Å². The van der Waals surface area contributed by atoms with Crippen LogP contribution in [0.3, 0.4) is 0 Å². The summed E-state index contributed by atoms with van der Waals surface area (Å²) >= 11 is 3.46. The van der Waals surface area contributed by atoms with Gasteiger partial charge in [0.05, 0.1) is 0 Å². The summed E-state index contributed by atoms with van der Waals surface area (Å²) in [6.07, 6.45) is -1.41. The minimum Gasteiger partial charge on any atom is -0.395 e. The molecule has 2 aliphatic carbocycles. The Labute approximate surface area is 183 Å². The van der Waals surface area contributed by atoms with Crippen LogP contribution >= 0.6 is 15.9 Å². The van der Waals surface area contributed by atoms with E-state index in [0.29, 0.717) is 17.7 Å². The van der Waals surface area contributed by atoms with Gasteiger partial charge in [0.1, 0.15) is 4.90 Å². The Balaban J connectivity index is 1.41. The van der Waals surface area contributed by atoms with Gasteiger partial charge in [0, 0.05) is 21.0 Å². The van der Waals surface area contributed by atoms with E-state index >= 15 is 0 Å². The molecule has 31 heavy (non-hydrogen) atoms. The topological polar surface area (TPSA) is 90.7 Å². The maximum atomic E-state index is 13.5. The van der Waals surface area contributed by atoms with Gasteiger partial charge in [0.2, 0.25) is 0 Å². The monoisotopic (exact) mass is 510 g/mol. The summed E-state index contributed by atoms with van der Waals surface area (Å²) in [5, 5.41) is 3.95. The quantitative estimate of drug-likeness (QED) is 0.543. The number of hydrogen-bond acceptors (Lipinski definition) is 6. The van der Waals surface area contributed by atoms with Gasteiger partial charge in [-0.05, 0) is 49.1 Å². The third kappa shape index (κ3) is 2.86. The molecule has 0 atom stereocenters. The smallest absolute Gasteiger partial charge is 0.395 e. The molecule has 0 saturated heterocycles. The average molecular weight is 511 g/mol. The van der Waals surface area contributed by atoms with Crippen LogP contribution in [0.15, 0.2) is 50.3 Å². The van der Waals surface area contributed by atoms with Crippen molar-refractivity contribution in [3.05, 3.63) is 52.0 Å². The Kier molecular flexibility index (Phi) is 3.67. The number of aromatic nitrogens is 1. The van der Waals surface area contributed by atoms with Crippen molar-refractivity contribution >= 4 is 31.8 Å². The highest BCUT2D eigenvalue weighted by Gasteiger charge is 2.51. The summed E-state index contributed by atoms with van der Waals surface area (Å²) in [7, 11) is -4.31. The van der Waals surface area contributed by atoms with Gasteiger partial charge in [0.25, 0.3) is 10.0 Å². The number of anilines is 1. The third-order valence-electron chi connectivity index (χ3n) is 5.87. The lowest BCUT2D eigenvalue weighted by Crippen LogP contribution is -2.26. The summed E-state index contributed by atoms with van der Waals surface area (Å²) in [5.74, 6) is -0.373. The van der Waals surface area contributed by atoms with Crippen molar-refractivity contribution < 1.29 is 31.2 Å². The number of nitrogens with zero attached hydrogens (tertiary/aromatic N) is 1. The molecule has 2 aromatic carbocycles. The number of alkyl halides is 2. The summed E-state index contributed by atoms with van der Waals surface area (Å²) < 4.78 is 70.6. The molecule has 1 aliphatic heterocycles. The summed E-state index contributed by atoms with van der Waals surface area (Å²) in [5.41, 5.74) is 2.59. The molecule has 2 heterocycles. The molecule has 1 fully saturated rings. The molecule has 1 N–H and O–H groups in total. The van der Waals surface area contributed by atoms with Crippen LogP contribution in [-0.2, 0) is 21.9 Å². The number of nitrogens with one attached hydrogen (secondary N) is 1. The van der Waals surface area contributed by atoms with Crippen LogP contribution in [0.1, 0.15) is 24.0 Å². The number of benzene rings is 2. The van der Waals surface area contributed by atoms with Crippen LogP contribution in [0.4, 0.5) is 14.6 Å². The second-order valence-electron chi connectivity index (χ2n) is 7.84. The van der Waals surface area contributed by atoms with E-state index in [-0.39, 0.29) is 17.0 Å². The molecule has 7 nitrogen and oxygen atoms in total. The largest absolute Gasteiger partial charge is 0.586 e. The third-order valence-corrected chi connectivity index (χ3v) is 7.72. The van der Waals surface area contributed by atoms with Crippen molar-refractivity contribution in [2.24, 2.45) is 0 Å². The Morgan fingerprint density at radius 2 is 1.94 bits per heavy atom. The standard InChI is InChI=1S/C20H13BrF2N2O5S/c21-10-4-5-13-11(8-10)16-12(9-19(13)6-7-19)18(24-30-16)25-31(26,27)15-3-1-2-14-17(15)29-20(22,23)28-14/h1-5,8H,6-7,9H2,(H,24,25). The summed E-state index contributed by atoms with van der Waals surface area (Å²) in [4.78, 5) is -0.473. The van der Waals surface area contributed by atoms with Gasteiger partial charge in [-0.15, -0.1) is 8.78 Å². The fourth-order valence-corrected chi connectivity index (χ4v) is 5.83. The second-order valence-corrected chi connectivity index (χ2v) is 10.4. The van der Waals surface area contributed by atoms with Gasteiger partial charge in [0.15, 0.2) is 23.1 Å². The molecule has 0 amide bonds. The predicted octanol–water partition coefficient (Wildman–Crippen LogP) is 4.81. The first kappa shape index (κ1) is 19.1. The molecule has 0 radical (unpaired) electrons. The number of halogens is 3. The zero-order valence-corrected chi connectivity index (χ0v) is 18.0. The molecule has 3 aliphatic rings. The van der Waals surface area contributed by atoms with Crippen molar-refractivity contribution in [2.75, 3.05) is 4.72 Å². The van der Waals surface area contributed by atoms with Crippen LogP contribution < -0.4 is 14.2 Å². The van der Waals surface area contributed by atoms with Crippen LogP contribution in [0, 0.1) is 0 Å². The van der Waals surface area contributed by atoms with E-state index in [1.54, 1.807) is 0 Å². The molecule has 1 aromatic heterocycles. The van der Waals surface area contributed by atoms with Crippen LogP contribution in [0.5, 0.6) is 11.5 Å².